The molecule has 13 heteroatoms. The minimum atomic E-state index is -4.85. The quantitative estimate of drug-likeness (QED) is 0.546. The van der Waals surface area contributed by atoms with Gasteiger partial charge in [0.25, 0.3) is 30.4 Å². The zero-order chi connectivity index (χ0) is 16.9. The van der Waals surface area contributed by atoms with Crippen LogP contribution in [0, 0.1) is 0 Å². The topological polar surface area (TPSA) is 198 Å². The molecule has 0 bridgehead atoms. The van der Waals surface area contributed by atoms with Crippen LogP contribution in [0.5, 0.6) is 0 Å². The maximum absolute atomic E-state index is 11.3. The van der Waals surface area contributed by atoms with Crippen molar-refractivity contribution in [2.45, 2.75) is 14.7 Å². The first-order valence-electron chi connectivity index (χ1n) is 5.30. The van der Waals surface area contributed by atoms with Crippen molar-refractivity contribution >= 4 is 41.1 Å². The van der Waals surface area contributed by atoms with Crippen molar-refractivity contribution in [1.29, 1.82) is 0 Å². The van der Waals surface area contributed by atoms with E-state index in [1.165, 1.54) is 0 Å². The van der Waals surface area contributed by atoms with Gasteiger partial charge in [-0.25, -0.2) is 0 Å². The Morgan fingerprint density at radius 3 is 1.57 bits per heavy atom. The van der Waals surface area contributed by atoms with Gasteiger partial charge < -0.3 is 6.15 Å². The molecule has 2 aromatic rings. The molecule has 0 radical (unpaired) electrons. The van der Waals surface area contributed by atoms with Crippen LogP contribution in [-0.2, 0) is 30.4 Å². The van der Waals surface area contributed by atoms with Gasteiger partial charge >= 0.3 is 0 Å². The third-order valence-electron chi connectivity index (χ3n) is 2.73. The Kier molecular flexibility index (Phi) is 4.89. The van der Waals surface area contributed by atoms with Crippen LogP contribution in [0.4, 0.5) is 0 Å². The number of fused-ring (bicyclic) bond motifs is 1. The van der Waals surface area contributed by atoms with Gasteiger partial charge in [0, 0.05) is 5.39 Å². The molecule has 0 amide bonds. The zero-order valence-electron chi connectivity index (χ0n) is 11.1. The summed E-state index contributed by atoms with van der Waals surface area (Å²) in [5.41, 5.74) is 0. The summed E-state index contributed by atoms with van der Waals surface area (Å²) in [7, 11) is -14.3. The summed E-state index contributed by atoms with van der Waals surface area (Å²) in [5, 5.41) is -0.430. The van der Waals surface area contributed by atoms with E-state index in [1.807, 2.05) is 0 Å². The first kappa shape index (κ1) is 19.4. The molecule has 128 valence electrons. The maximum atomic E-state index is 11.3. The van der Waals surface area contributed by atoms with Gasteiger partial charge in [-0.2, -0.15) is 25.3 Å². The Labute approximate surface area is 131 Å². The minimum Gasteiger partial charge on any atom is -0.344 e. The summed E-state index contributed by atoms with van der Waals surface area (Å²) >= 11 is 0. The predicted octanol–water partition coefficient (Wildman–Crippen LogP) is 0.742. The molecular formula is C10H11NO9S3. The van der Waals surface area contributed by atoms with Gasteiger partial charge in [0.15, 0.2) is 0 Å². The average molecular weight is 385 g/mol. The van der Waals surface area contributed by atoms with E-state index in [-0.39, 0.29) is 16.9 Å². The molecule has 0 heterocycles. The molecule has 0 fully saturated rings. The molecule has 0 unspecified atom stereocenters. The fourth-order valence-corrected chi connectivity index (χ4v) is 3.68. The highest BCUT2D eigenvalue weighted by Gasteiger charge is 2.21. The number of hydrogen-bond donors (Lipinski definition) is 4. The smallest absolute Gasteiger partial charge is 0.295 e. The molecule has 23 heavy (non-hydrogen) atoms. The second-order valence-electron chi connectivity index (χ2n) is 4.23. The molecule has 2 rings (SSSR count). The van der Waals surface area contributed by atoms with Gasteiger partial charge in [-0.15, -0.1) is 0 Å². The molecule has 10 nitrogen and oxygen atoms in total. The summed E-state index contributed by atoms with van der Waals surface area (Å²) in [4.78, 5) is -2.31. The lowest BCUT2D eigenvalue weighted by atomic mass is 10.1. The summed E-state index contributed by atoms with van der Waals surface area (Å²) in [6, 6.07) is 3.97. The largest absolute Gasteiger partial charge is 0.344 e. The Morgan fingerprint density at radius 2 is 1.13 bits per heavy atom. The Balaban J connectivity index is 0.00000264. The van der Waals surface area contributed by atoms with E-state index >= 15 is 0 Å². The van der Waals surface area contributed by atoms with Crippen LogP contribution in [0.15, 0.2) is 45.0 Å². The van der Waals surface area contributed by atoms with E-state index < -0.39 is 45.0 Å². The Hall–Kier alpha value is -1.61. The molecule has 6 N–H and O–H groups in total. The molecule has 0 atom stereocenters. The fraction of sp³-hybridized carbons (Fsp3) is 0. The first-order valence-corrected chi connectivity index (χ1v) is 9.62. The first-order chi connectivity index (χ1) is 9.80. The molecule has 0 saturated heterocycles. The molecule has 0 aromatic heterocycles. The van der Waals surface area contributed by atoms with Gasteiger partial charge in [0.2, 0.25) is 0 Å². The lowest BCUT2D eigenvalue weighted by molar-refractivity contribution is 0.480. The van der Waals surface area contributed by atoms with Crippen molar-refractivity contribution in [1.82, 2.24) is 6.15 Å². The van der Waals surface area contributed by atoms with Crippen molar-refractivity contribution in [3.05, 3.63) is 30.3 Å². The monoisotopic (exact) mass is 385 g/mol. The molecule has 2 aromatic carbocycles. The van der Waals surface area contributed by atoms with Crippen molar-refractivity contribution in [2.24, 2.45) is 0 Å². The van der Waals surface area contributed by atoms with Crippen LogP contribution in [0.25, 0.3) is 10.8 Å². The summed E-state index contributed by atoms with van der Waals surface area (Å²) in [6.07, 6.45) is 0. The Bertz CT molecular complexity index is 1080. The van der Waals surface area contributed by atoms with Gasteiger partial charge in [-0.05, 0) is 29.7 Å². The van der Waals surface area contributed by atoms with Crippen molar-refractivity contribution in [3.8, 4) is 0 Å². The normalized spacial score (nSPS) is 12.8. The average Bonchev–Trinajstić information content (AvgIpc) is 2.33. The molecule has 0 aliphatic rings. The lowest BCUT2D eigenvalue weighted by Crippen LogP contribution is -2.05. The summed E-state index contributed by atoms with van der Waals surface area (Å²) in [5.74, 6) is 0. The standard InChI is InChI=1S/C10H8O9S3.H3N/c11-20(12,13)7-1-2-9-6(3-7)4-8(21(14,15)16)5-10(9)22(17,18)19;/h1-5H,(H,11,12,13)(H,14,15,16)(H,17,18,19);1H3. The number of hydrogen-bond acceptors (Lipinski definition) is 7. The highest BCUT2D eigenvalue weighted by atomic mass is 32.2. The van der Waals surface area contributed by atoms with E-state index in [0.29, 0.717) is 6.07 Å². The molecular weight excluding hydrogens is 374 g/mol. The van der Waals surface area contributed by atoms with Crippen LogP contribution >= 0.6 is 0 Å². The van der Waals surface area contributed by atoms with Gasteiger partial charge in [0.05, 0.1) is 9.79 Å². The van der Waals surface area contributed by atoms with Crippen LogP contribution in [0.1, 0.15) is 0 Å². The zero-order valence-corrected chi connectivity index (χ0v) is 13.6. The minimum absolute atomic E-state index is 0. The number of rotatable bonds is 3. The highest BCUT2D eigenvalue weighted by Crippen LogP contribution is 2.29. The van der Waals surface area contributed by atoms with Crippen LogP contribution in [0.2, 0.25) is 0 Å². The molecule has 0 aliphatic carbocycles. The Morgan fingerprint density at radius 1 is 0.652 bits per heavy atom. The van der Waals surface area contributed by atoms with E-state index in [2.05, 4.69) is 0 Å². The van der Waals surface area contributed by atoms with E-state index in [1.54, 1.807) is 0 Å². The van der Waals surface area contributed by atoms with E-state index in [4.69, 9.17) is 13.7 Å². The maximum Gasteiger partial charge on any atom is 0.295 e. The molecule has 0 saturated carbocycles. The van der Waals surface area contributed by atoms with E-state index in [9.17, 15) is 25.3 Å². The fourth-order valence-electron chi connectivity index (χ4n) is 1.81. The second kappa shape index (κ2) is 5.79. The summed E-state index contributed by atoms with van der Waals surface area (Å²) in [6.45, 7) is 0. The number of benzene rings is 2. The van der Waals surface area contributed by atoms with Gasteiger partial charge in [0.1, 0.15) is 4.90 Å². The van der Waals surface area contributed by atoms with Crippen molar-refractivity contribution in [2.75, 3.05) is 0 Å². The van der Waals surface area contributed by atoms with Gasteiger partial charge in [-0.1, -0.05) is 6.07 Å². The summed E-state index contributed by atoms with van der Waals surface area (Å²) < 4.78 is 94.1. The molecule has 0 aliphatic heterocycles. The lowest BCUT2D eigenvalue weighted by Gasteiger charge is -2.08. The second-order valence-corrected chi connectivity index (χ2v) is 8.46. The van der Waals surface area contributed by atoms with Crippen LogP contribution < -0.4 is 6.15 Å². The molecule has 0 spiro atoms. The third kappa shape index (κ3) is 4.03. The van der Waals surface area contributed by atoms with Crippen molar-refractivity contribution < 1.29 is 38.9 Å². The van der Waals surface area contributed by atoms with Crippen molar-refractivity contribution in [3.63, 3.8) is 0 Å². The van der Waals surface area contributed by atoms with E-state index in [0.717, 1.165) is 24.3 Å². The predicted molar refractivity (Wildman–Crippen MR) is 78.4 cm³/mol. The highest BCUT2D eigenvalue weighted by molar-refractivity contribution is 7.87. The van der Waals surface area contributed by atoms with Crippen LogP contribution in [0.3, 0.4) is 0 Å². The van der Waals surface area contributed by atoms with Gasteiger partial charge in [-0.3, -0.25) is 13.7 Å². The van der Waals surface area contributed by atoms with Crippen LogP contribution in [-0.4, -0.2) is 38.9 Å². The third-order valence-corrected chi connectivity index (χ3v) is 5.31. The SMILES string of the molecule is N.O=S(=O)(O)c1ccc2c(S(=O)(=O)O)cc(S(=O)(=O)O)cc2c1.